The van der Waals surface area contributed by atoms with E-state index >= 15 is 0 Å². The molecular weight excluding hydrogens is 182 g/mol. The van der Waals surface area contributed by atoms with Gasteiger partial charge in [-0.2, -0.15) is 0 Å². The minimum atomic E-state index is 1.05. The van der Waals surface area contributed by atoms with Crippen molar-refractivity contribution in [3.05, 3.63) is 54.4 Å². The number of hydrogen-bond donors (Lipinski definition) is 0. The number of hydrogen-bond acceptors (Lipinski definition) is 1. The van der Waals surface area contributed by atoms with E-state index in [4.69, 9.17) is 0 Å². The molecule has 0 amide bonds. The first kappa shape index (κ1) is 9.48. The molecule has 0 aliphatic carbocycles. The molecule has 0 saturated heterocycles. The molecule has 15 heavy (non-hydrogen) atoms. The average molecular weight is 193 g/mol. The molecule has 0 aliphatic heterocycles. The summed E-state index contributed by atoms with van der Waals surface area (Å²) >= 11 is 0. The van der Waals surface area contributed by atoms with Crippen LogP contribution in [-0.4, -0.2) is 4.98 Å². The summed E-state index contributed by atoms with van der Waals surface area (Å²) in [6.45, 7) is 1.84. The summed E-state index contributed by atoms with van der Waals surface area (Å²) in [5.74, 6) is 5.91. The van der Waals surface area contributed by atoms with E-state index in [1.54, 1.807) is 12.4 Å². The molecule has 1 nitrogen and oxygen atoms in total. The van der Waals surface area contributed by atoms with Crippen LogP contribution in [0.15, 0.2) is 48.8 Å². The van der Waals surface area contributed by atoms with Crippen molar-refractivity contribution in [1.29, 1.82) is 0 Å². The van der Waals surface area contributed by atoms with Crippen molar-refractivity contribution in [2.45, 2.75) is 6.92 Å². The van der Waals surface area contributed by atoms with Gasteiger partial charge in [0.15, 0.2) is 0 Å². The van der Waals surface area contributed by atoms with Crippen LogP contribution in [0.5, 0.6) is 0 Å². The third-order valence-electron chi connectivity index (χ3n) is 2.17. The number of aromatic nitrogens is 1. The van der Waals surface area contributed by atoms with Crippen molar-refractivity contribution in [2.24, 2.45) is 0 Å². The van der Waals surface area contributed by atoms with Gasteiger partial charge in [0.2, 0.25) is 0 Å². The van der Waals surface area contributed by atoms with Gasteiger partial charge in [-0.1, -0.05) is 18.1 Å². The van der Waals surface area contributed by atoms with Gasteiger partial charge in [-0.25, -0.2) is 0 Å². The molecule has 1 heteroatoms. The van der Waals surface area contributed by atoms with Gasteiger partial charge < -0.3 is 0 Å². The van der Waals surface area contributed by atoms with E-state index in [1.165, 1.54) is 11.1 Å². The monoisotopic (exact) mass is 193 g/mol. The SMILES string of the molecule is CC#Cc1ccc(-c2ccncc2)cc1. The summed E-state index contributed by atoms with van der Waals surface area (Å²) in [5.41, 5.74) is 3.43. The Balaban J connectivity index is 2.35. The number of pyridine rings is 1. The van der Waals surface area contributed by atoms with Crippen LogP contribution >= 0.6 is 0 Å². The predicted molar refractivity (Wildman–Crippen MR) is 62.2 cm³/mol. The molecule has 0 unspecified atom stereocenters. The zero-order valence-electron chi connectivity index (χ0n) is 8.57. The molecule has 0 atom stereocenters. The Kier molecular flexibility index (Phi) is 2.80. The fraction of sp³-hybridized carbons (Fsp3) is 0.0714. The highest BCUT2D eigenvalue weighted by atomic mass is 14.6. The molecule has 1 heterocycles. The Bertz CT molecular complexity index is 486. The van der Waals surface area contributed by atoms with E-state index in [0.29, 0.717) is 0 Å². The second-order valence-electron chi connectivity index (χ2n) is 3.19. The Hall–Kier alpha value is -2.07. The molecule has 2 rings (SSSR count). The average Bonchev–Trinajstić information content (AvgIpc) is 2.32. The van der Waals surface area contributed by atoms with Crippen molar-refractivity contribution >= 4 is 0 Å². The van der Waals surface area contributed by atoms with E-state index in [2.05, 4.69) is 29.0 Å². The topological polar surface area (TPSA) is 12.9 Å². The Morgan fingerprint density at radius 2 is 1.47 bits per heavy atom. The highest BCUT2D eigenvalue weighted by Crippen LogP contribution is 2.18. The lowest BCUT2D eigenvalue weighted by atomic mass is 10.1. The van der Waals surface area contributed by atoms with E-state index < -0.39 is 0 Å². The Morgan fingerprint density at radius 1 is 0.867 bits per heavy atom. The molecule has 72 valence electrons. The Morgan fingerprint density at radius 3 is 2.07 bits per heavy atom. The molecule has 0 aliphatic rings. The van der Waals surface area contributed by atoms with Crippen molar-refractivity contribution in [1.82, 2.24) is 4.98 Å². The van der Waals surface area contributed by atoms with Gasteiger partial charge in [0.1, 0.15) is 0 Å². The zero-order chi connectivity index (χ0) is 10.5. The maximum atomic E-state index is 4.00. The zero-order valence-corrected chi connectivity index (χ0v) is 8.57. The minimum absolute atomic E-state index is 1.05. The molecule has 1 aromatic carbocycles. The highest BCUT2D eigenvalue weighted by Gasteiger charge is 1.95. The normalized spacial score (nSPS) is 9.13. The summed E-state index contributed by atoms with van der Waals surface area (Å²) in [4.78, 5) is 4.00. The summed E-state index contributed by atoms with van der Waals surface area (Å²) < 4.78 is 0. The molecule has 0 fully saturated rings. The molecule has 0 radical (unpaired) electrons. The number of rotatable bonds is 1. The van der Waals surface area contributed by atoms with Gasteiger partial charge in [0, 0.05) is 18.0 Å². The second-order valence-corrected chi connectivity index (χ2v) is 3.19. The lowest BCUT2D eigenvalue weighted by Gasteiger charge is -2.00. The predicted octanol–water partition coefficient (Wildman–Crippen LogP) is 3.12. The minimum Gasteiger partial charge on any atom is -0.265 e. The van der Waals surface area contributed by atoms with Gasteiger partial charge in [-0.3, -0.25) is 4.98 Å². The van der Waals surface area contributed by atoms with Crippen LogP contribution in [0.2, 0.25) is 0 Å². The third-order valence-corrected chi connectivity index (χ3v) is 2.17. The highest BCUT2D eigenvalue weighted by molar-refractivity contribution is 5.63. The lowest BCUT2D eigenvalue weighted by molar-refractivity contribution is 1.33. The molecule has 2 aromatic rings. The Labute approximate surface area is 89.8 Å². The number of nitrogens with zero attached hydrogens (tertiary/aromatic N) is 1. The summed E-state index contributed by atoms with van der Waals surface area (Å²) in [7, 11) is 0. The largest absolute Gasteiger partial charge is 0.265 e. The molecule has 0 N–H and O–H groups in total. The third kappa shape index (κ3) is 2.24. The van der Waals surface area contributed by atoms with E-state index in [0.717, 1.165) is 5.56 Å². The summed E-state index contributed by atoms with van der Waals surface area (Å²) in [5, 5.41) is 0. The van der Waals surface area contributed by atoms with Crippen molar-refractivity contribution in [3.8, 4) is 23.0 Å². The maximum Gasteiger partial charge on any atom is 0.0273 e. The fourth-order valence-corrected chi connectivity index (χ4v) is 1.43. The van der Waals surface area contributed by atoms with Crippen LogP contribution < -0.4 is 0 Å². The molecule has 0 saturated carbocycles. The van der Waals surface area contributed by atoms with Gasteiger partial charge in [-0.05, 0) is 42.3 Å². The van der Waals surface area contributed by atoms with E-state index in [9.17, 15) is 0 Å². The summed E-state index contributed by atoms with van der Waals surface area (Å²) in [6, 6.07) is 12.2. The van der Waals surface area contributed by atoms with Gasteiger partial charge in [0.25, 0.3) is 0 Å². The van der Waals surface area contributed by atoms with Crippen molar-refractivity contribution < 1.29 is 0 Å². The molecule has 1 aromatic heterocycles. The van der Waals surface area contributed by atoms with Crippen LogP contribution in [-0.2, 0) is 0 Å². The van der Waals surface area contributed by atoms with Gasteiger partial charge in [0.05, 0.1) is 0 Å². The van der Waals surface area contributed by atoms with Crippen LogP contribution in [0, 0.1) is 11.8 Å². The van der Waals surface area contributed by atoms with E-state index in [1.807, 2.05) is 31.2 Å². The van der Waals surface area contributed by atoms with Crippen LogP contribution in [0.25, 0.3) is 11.1 Å². The van der Waals surface area contributed by atoms with E-state index in [-0.39, 0.29) is 0 Å². The molecular formula is C14H11N. The first-order valence-electron chi connectivity index (χ1n) is 4.83. The maximum absolute atomic E-state index is 4.00. The first-order valence-corrected chi connectivity index (χ1v) is 4.83. The fourth-order valence-electron chi connectivity index (χ4n) is 1.43. The van der Waals surface area contributed by atoms with Crippen LogP contribution in [0.4, 0.5) is 0 Å². The van der Waals surface area contributed by atoms with Gasteiger partial charge in [-0.15, -0.1) is 5.92 Å². The lowest BCUT2D eigenvalue weighted by Crippen LogP contribution is -1.79. The second kappa shape index (κ2) is 4.43. The van der Waals surface area contributed by atoms with Crippen molar-refractivity contribution in [3.63, 3.8) is 0 Å². The molecule has 0 bridgehead atoms. The standard InChI is InChI=1S/C14H11N/c1-2-3-12-4-6-13(7-5-12)14-8-10-15-11-9-14/h4-11H,1H3. The summed E-state index contributed by atoms with van der Waals surface area (Å²) in [6.07, 6.45) is 3.60. The van der Waals surface area contributed by atoms with Gasteiger partial charge >= 0.3 is 0 Å². The quantitative estimate of drug-likeness (QED) is 0.634. The van der Waals surface area contributed by atoms with Crippen LogP contribution in [0.1, 0.15) is 12.5 Å². The van der Waals surface area contributed by atoms with Crippen molar-refractivity contribution in [2.75, 3.05) is 0 Å². The smallest absolute Gasteiger partial charge is 0.0273 e. The molecule has 0 spiro atoms. The van der Waals surface area contributed by atoms with Crippen LogP contribution in [0.3, 0.4) is 0 Å². The number of benzene rings is 1. The first-order chi connectivity index (χ1) is 7.40.